The van der Waals surface area contributed by atoms with Crippen molar-refractivity contribution < 1.29 is 44.5 Å². The van der Waals surface area contributed by atoms with Gasteiger partial charge in [-0.2, -0.15) is 0 Å². The maximum Gasteiger partial charge on any atom is 0.229 e. The zero-order valence-corrected chi connectivity index (χ0v) is 16.0. The van der Waals surface area contributed by atoms with Crippen LogP contribution in [0.5, 0.6) is 17.2 Å². The van der Waals surface area contributed by atoms with Crippen LogP contribution in [0.3, 0.4) is 0 Å². The lowest BCUT2D eigenvalue weighted by molar-refractivity contribution is -0.277. The van der Waals surface area contributed by atoms with E-state index in [-0.39, 0.29) is 28.0 Å². The van der Waals surface area contributed by atoms with Crippen LogP contribution in [-0.2, 0) is 4.74 Å². The maximum absolute atomic E-state index is 12.9. The number of hydrogen-bond donors (Lipinski definition) is 6. The molecule has 0 spiro atoms. The van der Waals surface area contributed by atoms with E-state index in [4.69, 9.17) is 13.9 Å². The zero-order chi connectivity index (χ0) is 22.3. The molecule has 0 unspecified atom stereocenters. The summed E-state index contributed by atoms with van der Waals surface area (Å²) in [5, 5.41) is 58.8. The highest BCUT2D eigenvalue weighted by atomic mass is 16.7. The smallest absolute Gasteiger partial charge is 0.229 e. The third-order valence-corrected chi connectivity index (χ3v) is 5.11. The largest absolute Gasteiger partial charge is 0.508 e. The van der Waals surface area contributed by atoms with Crippen LogP contribution in [0.4, 0.5) is 0 Å². The van der Waals surface area contributed by atoms with E-state index in [1.54, 1.807) is 0 Å². The number of phenolic OH excluding ortho intramolecular Hbond substituents is 2. The minimum atomic E-state index is -1.64. The first-order valence-corrected chi connectivity index (χ1v) is 9.35. The molecule has 0 saturated carbocycles. The number of aliphatic hydroxyl groups excluding tert-OH is 4. The van der Waals surface area contributed by atoms with Gasteiger partial charge < -0.3 is 44.5 Å². The molecule has 0 radical (unpaired) electrons. The first-order chi connectivity index (χ1) is 14.8. The molecule has 1 fully saturated rings. The second kappa shape index (κ2) is 8.17. The van der Waals surface area contributed by atoms with Gasteiger partial charge in [0.1, 0.15) is 58.9 Å². The van der Waals surface area contributed by atoms with Crippen molar-refractivity contribution in [2.24, 2.45) is 0 Å². The second-order valence-electron chi connectivity index (χ2n) is 7.16. The Bertz CT molecular complexity index is 1140. The van der Waals surface area contributed by atoms with Crippen LogP contribution < -0.4 is 10.2 Å². The highest BCUT2D eigenvalue weighted by Crippen LogP contribution is 2.32. The number of benzene rings is 2. The summed E-state index contributed by atoms with van der Waals surface area (Å²) in [5.41, 5.74) is 0.135. The van der Waals surface area contributed by atoms with E-state index >= 15 is 0 Å². The van der Waals surface area contributed by atoms with E-state index in [0.29, 0.717) is 5.56 Å². The van der Waals surface area contributed by atoms with E-state index < -0.39 is 48.5 Å². The molecule has 2 heterocycles. The summed E-state index contributed by atoms with van der Waals surface area (Å²) in [6.07, 6.45) is -6.23. The van der Waals surface area contributed by atoms with Gasteiger partial charge in [-0.05, 0) is 17.7 Å². The van der Waals surface area contributed by atoms with Gasteiger partial charge >= 0.3 is 0 Å². The number of aliphatic hydroxyl groups is 4. The molecule has 3 aromatic rings. The average molecular weight is 432 g/mol. The molecule has 5 atom stereocenters. The third-order valence-electron chi connectivity index (χ3n) is 5.11. The Morgan fingerprint density at radius 1 is 0.968 bits per heavy atom. The van der Waals surface area contributed by atoms with Gasteiger partial charge in [0.05, 0.1) is 12.2 Å². The Balaban J connectivity index is 1.68. The predicted octanol–water partition coefficient (Wildman–Crippen LogP) is 0.0499. The molecule has 2 aromatic carbocycles. The molecular formula is C21H20O10. The summed E-state index contributed by atoms with van der Waals surface area (Å²) in [7, 11) is 0. The van der Waals surface area contributed by atoms with Gasteiger partial charge in [0.15, 0.2) is 0 Å². The fraction of sp³-hybridized carbons (Fsp3) is 0.286. The van der Waals surface area contributed by atoms with Crippen LogP contribution in [0.25, 0.3) is 22.1 Å². The van der Waals surface area contributed by atoms with Gasteiger partial charge in [0, 0.05) is 12.1 Å². The molecule has 1 aliphatic heterocycles. The molecule has 6 N–H and O–H groups in total. The lowest BCUT2D eigenvalue weighted by Crippen LogP contribution is -2.60. The summed E-state index contributed by atoms with van der Waals surface area (Å²) < 4.78 is 16.2. The maximum atomic E-state index is 12.9. The summed E-state index contributed by atoms with van der Waals surface area (Å²) in [6.45, 7) is -0.622. The number of fused-ring (bicyclic) bond motifs is 1. The molecule has 10 heteroatoms. The molecule has 164 valence electrons. The van der Waals surface area contributed by atoms with Gasteiger partial charge in [-0.25, -0.2) is 0 Å². The zero-order valence-electron chi connectivity index (χ0n) is 16.0. The van der Waals surface area contributed by atoms with E-state index in [0.717, 1.165) is 6.07 Å². The van der Waals surface area contributed by atoms with Crippen LogP contribution in [-0.4, -0.2) is 68.0 Å². The topological polar surface area (TPSA) is 170 Å². The minimum absolute atomic E-state index is 0.00730. The molecule has 0 bridgehead atoms. The second-order valence-corrected chi connectivity index (χ2v) is 7.16. The van der Waals surface area contributed by atoms with Crippen molar-refractivity contribution in [1.29, 1.82) is 0 Å². The SMILES string of the molecule is O=c1c(-c2ccc(O)cc2)coc2cc(O[C@H]3O[C@@H](CO)[C@@H](O)[C@@H](O)[C@@H]3O)cc(O)c12. The van der Waals surface area contributed by atoms with Crippen molar-refractivity contribution in [2.45, 2.75) is 30.7 Å². The number of ether oxygens (including phenoxy) is 2. The van der Waals surface area contributed by atoms with Gasteiger partial charge in [-0.1, -0.05) is 12.1 Å². The molecule has 1 aliphatic rings. The number of hydrogen-bond acceptors (Lipinski definition) is 10. The summed E-state index contributed by atoms with van der Waals surface area (Å²) in [4.78, 5) is 12.9. The lowest BCUT2D eigenvalue weighted by Gasteiger charge is -2.39. The molecule has 1 aromatic heterocycles. The van der Waals surface area contributed by atoms with Crippen LogP contribution >= 0.6 is 0 Å². The molecule has 31 heavy (non-hydrogen) atoms. The molecule has 0 aliphatic carbocycles. The van der Waals surface area contributed by atoms with Crippen molar-refractivity contribution in [3.05, 3.63) is 52.9 Å². The summed E-state index contributed by atoms with van der Waals surface area (Å²) in [6, 6.07) is 8.29. The van der Waals surface area contributed by atoms with E-state index in [1.165, 1.54) is 36.6 Å². The first kappa shape index (κ1) is 21.1. The van der Waals surface area contributed by atoms with Gasteiger partial charge in [0.2, 0.25) is 11.7 Å². The quantitative estimate of drug-likeness (QED) is 0.331. The Morgan fingerprint density at radius 3 is 2.35 bits per heavy atom. The molecule has 0 amide bonds. The molecule has 10 nitrogen and oxygen atoms in total. The number of aromatic hydroxyl groups is 2. The number of rotatable bonds is 4. The van der Waals surface area contributed by atoms with E-state index in [1.807, 2.05) is 0 Å². The van der Waals surface area contributed by atoms with Crippen molar-refractivity contribution in [3.63, 3.8) is 0 Å². The van der Waals surface area contributed by atoms with E-state index in [9.17, 15) is 35.4 Å². The minimum Gasteiger partial charge on any atom is -0.508 e. The fourth-order valence-electron chi connectivity index (χ4n) is 3.41. The standard InChI is InChI=1S/C21H20O10/c22-7-15-18(26)19(27)20(28)21(31-15)30-11-5-13(24)16-14(6-11)29-8-12(17(16)25)9-1-3-10(23)4-2-9/h1-6,8,15,18-24,26-28H,7H2/t15-,18+,19+,20-,21-/m0/s1. The van der Waals surface area contributed by atoms with Crippen LogP contribution in [0.15, 0.2) is 51.9 Å². The van der Waals surface area contributed by atoms with Crippen LogP contribution in [0.1, 0.15) is 0 Å². The van der Waals surface area contributed by atoms with Gasteiger partial charge in [0.25, 0.3) is 0 Å². The van der Waals surface area contributed by atoms with Crippen molar-refractivity contribution >= 4 is 11.0 Å². The summed E-state index contributed by atoms with van der Waals surface area (Å²) >= 11 is 0. The van der Waals surface area contributed by atoms with Gasteiger partial charge in [-0.3, -0.25) is 4.79 Å². The third kappa shape index (κ3) is 3.82. The number of phenols is 2. The Kier molecular flexibility index (Phi) is 5.56. The van der Waals surface area contributed by atoms with Crippen molar-refractivity contribution in [2.75, 3.05) is 6.61 Å². The Morgan fingerprint density at radius 2 is 1.68 bits per heavy atom. The van der Waals surface area contributed by atoms with Gasteiger partial charge in [-0.15, -0.1) is 0 Å². The average Bonchev–Trinajstić information content (AvgIpc) is 2.75. The van der Waals surface area contributed by atoms with E-state index in [2.05, 4.69) is 0 Å². The van der Waals surface area contributed by atoms with Crippen LogP contribution in [0, 0.1) is 0 Å². The monoisotopic (exact) mass is 432 g/mol. The Hall–Kier alpha value is -3.15. The summed E-state index contributed by atoms with van der Waals surface area (Å²) in [5.74, 6) is -0.465. The lowest BCUT2D eigenvalue weighted by atomic mass is 9.99. The fourth-order valence-corrected chi connectivity index (χ4v) is 3.41. The highest BCUT2D eigenvalue weighted by molar-refractivity contribution is 5.88. The molecule has 1 saturated heterocycles. The normalized spacial score (nSPS) is 26.1. The van der Waals surface area contributed by atoms with Crippen LogP contribution in [0.2, 0.25) is 0 Å². The Labute approximate surface area is 174 Å². The van der Waals surface area contributed by atoms with Crippen molar-refractivity contribution in [1.82, 2.24) is 0 Å². The highest BCUT2D eigenvalue weighted by Gasteiger charge is 2.44. The molecule has 4 rings (SSSR count). The predicted molar refractivity (Wildman–Crippen MR) is 106 cm³/mol. The van der Waals surface area contributed by atoms with Crippen molar-refractivity contribution in [3.8, 4) is 28.4 Å². The molecular weight excluding hydrogens is 412 g/mol. The first-order valence-electron chi connectivity index (χ1n) is 9.35.